The zero-order chi connectivity index (χ0) is 19.6. The average molecular weight is 378 g/mol. The number of aryl methyl sites for hydroxylation is 1. The van der Waals surface area contributed by atoms with Crippen molar-refractivity contribution < 1.29 is 9.32 Å². The number of aromatic hydroxyl groups is 1. The fourth-order valence-electron chi connectivity index (χ4n) is 2.58. The number of nitriles is 2. The minimum absolute atomic E-state index is 0.101. The Morgan fingerprint density at radius 2 is 1.89 bits per heavy atom. The van der Waals surface area contributed by atoms with E-state index in [0.29, 0.717) is 27.5 Å². The van der Waals surface area contributed by atoms with Gasteiger partial charge in [0, 0.05) is 12.5 Å². The Balaban J connectivity index is 2.04. The van der Waals surface area contributed by atoms with Gasteiger partial charge in [-0.1, -0.05) is 12.1 Å². The first-order chi connectivity index (χ1) is 12.9. The predicted molar refractivity (Wildman–Crippen MR) is 98.3 cm³/mol. The average Bonchev–Trinajstić information content (AvgIpc) is 2.96. The van der Waals surface area contributed by atoms with Crippen molar-refractivity contribution in [2.24, 2.45) is 4.36 Å². The third kappa shape index (κ3) is 3.36. The first-order valence-corrected chi connectivity index (χ1v) is 9.65. The summed E-state index contributed by atoms with van der Waals surface area (Å²) in [4.78, 5) is 4.49. The van der Waals surface area contributed by atoms with E-state index in [1.54, 1.807) is 43.4 Å². The van der Waals surface area contributed by atoms with Crippen LogP contribution in [0.4, 0.5) is 0 Å². The second-order valence-electron chi connectivity index (χ2n) is 5.73. The molecule has 0 aliphatic rings. The quantitative estimate of drug-likeness (QED) is 0.698. The summed E-state index contributed by atoms with van der Waals surface area (Å²) in [5.74, 6) is 0.225. The van der Waals surface area contributed by atoms with E-state index in [4.69, 9.17) is 10.5 Å². The topological polar surface area (TPSA) is 128 Å². The van der Waals surface area contributed by atoms with Crippen LogP contribution in [0.1, 0.15) is 11.3 Å². The lowest BCUT2D eigenvalue weighted by atomic mass is 10.0. The number of hydrogen-bond acceptors (Lipinski definition) is 7. The summed E-state index contributed by atoms with van der Waals surface area (Å²) in [6.45, 7) is 1.75. The molecule has 0 aliphatic carbocycles. The number of pyridine rings is 1. The van der Waals surface area contributed by atoms with Crippen LogP contribution in [0.25, 0.3) is 16.9 Å². The lowest BCUT2D eigenvalue weighted by Crippen LogP contribution is -2.02. The van der Waals surface area contributed by atoms with Crippen LogP contribution in [-0.4, -0.2) is 30.3 Å². The van der Waals surface area contributed by atoms with Crippen molar-refractivity contribution >= 4 is 9.73 Å². The molecule has 0 spiro atoms. The number of aromatic nitrogens is 3. The molecule has 1 N–H and O–H groups in total. The van der Waals surface area contributed by atoms with Gasteiger partial charge in [-0.15, -0.1) is 4.36 Å². The smallest absolute Gasteiger partial charge is 0.223 e. The normalized spacial score (nSPS) is 12.6. The second-order valence-corrected chi connectivity index (χ2v) is 7.99. The summed E-state index contributed by atoms with van der Waals surface area (Å²) in [5, 5.41) is 32.5. The van der Waals surface area contributed by atoms with E-state index < -0.39 is 9.73 Å². The van der Waals surface area contributed by atoms with Crippen LogP contribution >= 0.6 is 0 Å². The molecule has 1 atom stereocenters. The summed E-state index contributed by atoms with van der Waals surface area (Å²) in [6.07, 6.45) is 4.24. The lowest BCUT2D eigenvalue weighted by Gasteiger charge is -2.05. The highest BCUT2D eigenvalue weighted by Crippen LogP contribution is 2.34. The van der Waals surface area contributed by atoms with Gasteiger partial charge in [0.05, 0.1) is 37.5 Å². The van der Waals surface area contributed by atoms with Gasteiger partial charge in [-0.05, 0) is 36.8 Å². The highest BCUT2D eigenvalue weighted by Gasteiger charge is 2.18. The van der Waals surface area contributed by atoms with Crippen molar-refractivity contribution in [1.82, 2.24) is 14.8 Å². The molecule has 0 saturated heterocycles. The van der Waals surface area contributed by atoms with Gasteiger partial charge in [-0.25, -0.2) is 9.19 Å². The molecule has 27 heavy (non-hydrogen) atoms. The van der Waals surface area contributed by atoms with E-state index in [2.05, 4.69) is 14.4 Å². The van der Waals surface area contributed by atoms with Crippen molar-refractivity contribution in [3.05, 3.63) is 53.9 Å². The van der Waals surface area contributed by atoms with Crippen molar-refractivity contribution in [2.75, 3.05) is 6.26 Å². The molecular formula is C18H14N6O2S. The molecule has 0 radical (unpaired) electrons. The minimum Gasteiger partial charge on any atom is -0.493 e. The Labute approximate surface area is 156 Å². The monoisotopic (exact) mass is 378 g/mol. The van der Waals surface area contributed by atoms with E-state index in [1.165, 1.54) is 23.2 Å². The van der Waals surface area contributed by atoms with E-state index in [0.717, 1.165) is 5.56 Å². The molecule has 3 aromatic rings. The SMILES string of the molecule is Cc1nn(-c2ccc(S(C)(=O)=NC#N)cn2)c(O)c1-c1ccc(C#N)cc1. The van der Waals surface area contributed by atoms with E-state index in [1.807, 2.05) is 6.07 Å². The van der Waals surface area contributed by atoms with Crippen molar-refractivity contribution in [3.8, 4) is 35.1 Å². The maximum absolute atomic E-state index is 12.3. The molecule has 0 bridgehead atoms. The Morgan fingerprint density at radius 1 is 1.19 bits per heavy atom. The largest absolute Gasteiger partial charge is 0.493 e. The molecule has 0 fully saturated rings. The van der Waals surface area contributed by atoms with E-state index in [-0.39, 0.29) is 5.88 Å². The van der Waals surface area contributed by atoms with Gasteiger partial charge < -0.3 is 5.11 Å². The van der Waals surface area contributed by atoms with E-state index in [9.17, 15) is 9.32 Å². The molecule has 0 amide bonds. The molecule has 9 heteroatoms. The number of rotatable bonds is 3. The summed E-state index contributed by atoms with van der Waals surface area (Å²) >= 11 is 0. The Kier molecular flexibility index (Phi) is 4.63. The van der Waals surface area contributed by atoms with Gasteiger partial charge in [0.15, 0.2) is 5.82 Å². The highest BCUT2D eigenvalue weighted by molar-refractivity contribution is 7.93. The summed E-state index contributed by atoms with van der Waals surface area (Å²) < 4.78 is 17.0. The van der Waals surface area contributed by atoms with Crippen LogP contribution in [0.2, 0.25) is 0 Å². The van der Waals surface area contributed by atoms with Gasteiger partial charge >= 0.3 is 0 Å². The first-order valence-electron chi connectivity index (χ1n) is 7.73. The minimum atomic E-state index is -2.84. The molecule has 2 heterocycles. The van der Waals surface area contributed by atoms with Crippen LogP contribution in [0.3, 0.4) is 0 Å². The molecular weight excluding hydrogens is 364 g/mol. The number of hydrogen-bond donors (Lipinski definition) is 1. The molecule has 0 saturated carbocycles. The standard InChI is InChI=1S/C18H14N6O2S/c1-12-17(14-5-3-13(9-19)4-6-14)18(25)24(23-12)16-8-7-15(10-21-16)27(2,26)22-11-20/h3-8,10,25H,1-2H3. The predicted octanol–water partition coefficient (Wildman–Crippen LogP) is 2.76. The van der Waals surface area contributed by atoms with Gasteiger partial charge in [-0.3, -0.25) is 0 Å². The van der Waals surface area contributed by atoms with Gasteiger partial charge in [0.25, 0.3) is 0 Å². The van der Waals surface area contributed by atoms with Crippen molar-refractivity contribution in [3.63, 3.8) is 0 Å². The second kappa shape index (κ2) is 6.90. The molecule has 0 aliphatic heterocycles. The van der Waals surface area contributed by atoms with Crippen molar-refractivity contribution in [1.29, 1.82) is 10.5 Å². The Hall–Kier alpha value is -3.69. The molecule has 8 nitrogen and oxygen atoms in total. The van der Waals surface area contributed by atoms with Gasteiger partial charge in [0.1, 0.15) is 0 Å². The number of benzene rings is 1. The maximum Gasteiger partial charge on any atom is 0.223 e. The molecule has 3 rings (SSSR count). The number of nitrogens with zero attached hydrogens (tertiary/aromatic N) is 6. The third-order valence-corrected chi connectivity index (χ3v) is 5.48. The van der Waals surface area contributed by atoms with Crippen LogP contribution in [-0.2, 0) is 9.73 Å². The summed E-state index contributed by atoms with van der Waals surface area (Å²) in [7, 11) is -2.84. The third-order valence-electron chi connectivity index (χ3n) is 3.93. The fourth-order valence-corrected chi connectivity index (χ4v) is 3.41. The molecule has 1 aromatic carbocycles. The molecule has 2 aromatic heterocycles. The highest BCUT2D eigenvalue weighted by atomic mass is 32.2. The zero-order valence-corrected chi connectivity index (χ0v) is 15.3. The summed E-state index contributed by atoms with van der Waals surface area (Å²) in [6, 6.07) is 11.9. The van der Waals surface area contributed by atoms with Crippen LogP contribution in [0.5, 0.6) is 5.88 Å². The van der Waals surface area contributed by atoms with Crippen LogP contribution in [0.15, 0.2) is 51.9 Å². The van der Waals surface area contributed by atoms with Crippen LogP contribution in [0, 0.1) is 29.7 Å². The lowest BCUT2D eigenvalue weighted by molar-refractivity contribution is 0.433. The first kappa shape index (κ1) is 18.1. The Morgan fingerprint density at radius 3 is 2.44 bits per heavy atom. The molecule has 1 unspecified atom stereocenters. The summed E-state index contributed by atoms with van der Waals surface area (Å²) in [5.41, 5.74) is 2.36. The van der Waals surface area contributed by atoms with Gasteiger partial charge in [-0.2, -0.15) is 20.3 Å². The van der Waals surface area contributed by atoms with Crippen molar-refractivity contribution in [2.45, 2.75) is 11.8 Å². The van der Waals surface area contributed by atoms with Crippen LogP contribution < -0.4 is 0 Å². The van der Waals surface area contributed by atoms with E-state index >= 15 is 0 Å². The Bertz CT molecular complexity index is 1200. The fraction of sp³-hybridized carbons (Fsp3) is 0.111. The van der Waals surface area contributed by atoms with Gasteiger partial charge in [0.2, 0.25) is 12.1 Å². The maximum atomic E-state index is 12.3. The zero-order valence-electron chi connectivity index (χ0n) is 14.5. The molecule has 134 valence electrons.